The second kappa shape index (κ2) is 5.85. The van der Waals surface area contributed by atoms with Crippen molar-refractivity contribution in [2.24, 2.45) is 0 Å². The minimum Gasteiger partial charge on any atom is -0.479 e. The summed E-state index contributed by atoms with van der Waals surface area (Å²) < 4.78 is 0. The van der Waals surface area contributed by atoms with E-state index in [0.717, 1.165) is 19.4 Å². The third-order valence-corrected chi connectivity index (χ3v) is 4.42. The lowest BCUT2D eigenvalue weighted by Gasteiger charge is -2.33. The summed E-state index contributed by atoms with van der Waals surface area (Å²) in [6.07, 6.45) is 2.31. The van der Waals surface area contributed by atoms with E-state index in [4.69, 9.17) is 0 Å². The zero-order valence-electron chi connectivity index (χ0n) is 12.5. The molecule has 21 heavy (non-hydrogen) atoms. The zero-order valence-corrected chi connectivity index (χ0v) is 12.5. The smallest absolute Gasteiger partial charge is 0.333 e. The molecule has 0 aliphatic carbocycles. The molecule has 5 nitrogen and oxygen atoms in total. The Hall–Kier alpha value is -1.88. The van der Waals surface area contributed by atoms with Gasteiger partial charge in [-0.2, -0.15) is 0 Å². The largest absolute Gasteiger partial charge is 0.479 e. The Morgan fingerprint density at radius 2 is 2.05 bits per heavy atom. The number of rotatable bonds is 5. The number of benzene rings is 1. The number of hydrogen-bond acceptors (Lipinski definition) is 3. The van der Waals surface area contributed by atoms with Crippen LogP contribution < -0.4 is 10.6 Å². The quantitative estimate of drug-likeness (QED) is 0.770. The molecule has 1 amide bonds. The molecule has 3 N–H and O–H groups in total. The van der Waals surface area contributed by atoms with Gasteiger partial charge in [0.2, 0.25) is 5.91 Å². The number of carbonyl (C=O) groups is 2. The van der Waals surface area contributed by atoms with Crippen LogP contribution in [0.15, 0.2) is 30.3 Å². The minimum atomic E-state index is -1.43. The van der Waals surface area contributed by atoms with Crippen LogP contribution in [-0.4, -0.2) is 29.1 Å². The Morgan fingerprint density at radius 1 is 1.38 bits per heavy atom. The van der Waals surface area contributed by atoms with Crippen molar-refractivity contribution >= 4 is 11.9 Å². The van der Waals surface area contributed by atoms with E-state index in [2.05, 4.69) is 10.6 Å². The molecule has 2 atom stereocenters. The second-order valence-corrected chi connectivity index (χ2v) is 5.72. The van der Waals surface area contributed by atoms with Gasteiger partial charge < -0.3 is 15.7 Å². The van der Waals surface area contributed by atoms with Gasteiger partial charge in [-0.25, -0.2) is 4.79 Å². The van der Waals surface area contributed by atoms with Gasteiger partial charge in [-0.15, -0.1) is 0 Å². The number of carbonyl (C=O) groups excluding carboxylic acids is 1. The molecule has 2 unspecified atom stereocenters. The van der Waals surface area contributed by atoms with E-state index >= 15 is 0 Å². The summed E-state index contributed by atoms with van der Waals surface area (Å²) in [5.41, 5.74) is -1.51. The van der Waals surface area contributed by atoms with Gasteiger partial charge in [0.1, 0.15) is 0 Å². The van der Waals surface area contributed by atoms with Crippen molar-refractivity contribution in [3.05, 3.63) is 35.9 Å². The van der Waals surface area contributed by atoms with E-state index in [9.17, 15) is 14.7 Å². The first-order valence-corrected chi connectivity index (χ1v) is 7.31. The first kappa shape index (κ1) is 15.5. The third kappa shape index (κ3) is 2.78. The van der Waals surface area contributed by atoms with Crippen LogP contribution in [0.5, 0.6) is 0 Å². The molecule has 1 aliphatic heterocycles. The molecule has 0 bridgehead atoms. The maximum absolute atomic E-state index is 12.7. The lowest BCUT2D eigenvalue weighted by Crippen LogP contribution is -2.60. The molecular formula is C16H22N2O3. The molecule has 1 aromatic carbocycles. The first-order valence-electron chi connectivity index (χ1n) is 7.31. The molecule has 0 aromatic heterocycles. The van der Waals surface area contributed by atoms with E-state index in [0.29, 0.717) is 12.0 Å². The maximum Gasteiger partial charge on any atom is 0.333 e. The molecule has 1 aliphatic rings. The fraction of sp³-hybridized carbons (Fsp3) is 0.500. The molecule has 2 rings (SSSR count). The summed E-state index contributed by atoms with van der Waals surface area (Å²) in [5, 5.41) is 15.6. The van der Waals surface area contributed by atoms with Crippen molar-refractivity contribution in [2.75, 3.05) is 6.54 Å². The van der Waals surface area contributed by atoms with Gasteiger partial charge in [0.25, 0.3) is 0 Å². The topological polar surface area (TPSA) is 78.4 Å². The van der Waals surface area contributed by atoms with Crippen molar-refractivity contribution in [3.63, 3.8) is 0 Å². The van der Waals surface area contributed by atoms with Crippen molar-refractivity contribution in [2.45, 2.75) is 44.2 Å². The van der Waals surface area contributed by atoms with Gasteiger partial charge in [0.15, 0.2) is 5.54 Å². The SMILES string of the molecule is CCC1(C(=O)NC(C)(C(=O)O)c2ccccc2)CCCN1. The van der Waals surface area contributed by atoms with Crippen LogP contribution in [0.1, 0.15) is 38.7 Å². The van der Waals surface area contributed by atoms with Crippen LogP contribution in [0.3, 0.4) is 0 Å². The number of aliphatic carboxylic acids is 1. The molecule has 5 heteroatoms. The van der Waals surface area contributed by atoms with Crippen LogP contribution in [0.2, 0.25) is 0 Å². The summed E-state index contributed by atoms with van der Waals surface area (Å²) in [6.45, 7) is 4.26. The fourth-order valence-electron chi connectivity index (χ4n) is 2.83. The Labute approximate surface area is 124 Å². The van der Waals surface area contributed by atoms with Crippen molar-refractivity contribution in [1.82, 2.24) is 10.6 Å². The van der Waals surface area contributed by atoms with Crippen LogP contribution in [-0.2, 0) is 15.1 Å². The summed E-state index contributed by atoms with van der Waals surface area (Å²) >= 11 is 0. The van der Waals surface area contributed by atoms with Crippen molar-refractivity contribution in [3.8, 4) is 0 Å². The monoisotopic (exact) mass is 290 g/mol. The number of amides is 1. The number of carboxylic acid groups (broad SMARTS) is 1. The number of carboxylic acids is 1. The van der Waals surface area contributed by atoms with E-state index in [1.807, 2.05) is 13.0 Å². The van der Waals surface area contributed by atoms with Crippen LogP contribution in [0.25, 0.3) is 0 Å². The van der Waals surface area contributed by atoms with Crippen molar-refractivity contribution < 1.29 is 14.7 Å². The predicted octanol–water partition coefficient (Wildman–Crippen LogP) is 1.63. The minimum absolute atomic E-state index is 0.240. The summed E-state index contributed by atoms with van der Waals surface area (Å²) in [6, 6.07) is 8.79. The Balaban J connectivity index is 2.29. The van der Waals surface area contributed by atoms with E-state index in [-0.39, 0.29) is 5.91 Å². The molecule has 0 saturated carbocycles. The number of hydrogen-bond donors (Lipinski definition) is 3. The van der Waals surface area contributed by atoms with Crippen molar-refractivity contribution in [1.29, 1.82) is 0 Å². The maximum atomic E-state index is 12.7. The number of nitrogens with one attached hydrogen (secondary N) is 2. The Morgan fingerprint density at radius 3 is 2.52 bits per heavy atom. The highest BCUT2D eigenvalue weighted by molar-refractivity contribution is 5.92. The van der Waals surface area contributed by atoms with Crippen LogP contribution in [0.4, 0.5) is 0 Å². The normalized spacial score (nSPS) is 24.3. The standard InChI is InChI=1S/C16H22N2O3/c1-3-16(10-7-11-17-16)13(19)18-15(2,14(20)21)12-8-5-4-6-9-12/h4-6,8-9,17H,3,7,10-11H2,1-2H3,(H,18,19)(H,20,21). The van der Waals surface area contributed by atoms with E-state index in [1.165, 1.54) is 6.92 Å². The highest BCUT2D eigenvalue weighted by Gasteiger charge is 2.45. The highest BCUT2D eigenvalue weighted by atomic mass is 16.4. The first-order chi connectivity index (χ1) is 9.94. The Kier molecular flexibility index (Phi) is 4.32. The molecule has 1 fully saturated rings. The van der Waals surface area contributed by atoms with Crippen LogP contribution >= 0.6 is 0 Å². The van der Waals surface area contributed by atoms with E-state index < -0.39 is 17.0 Å². The molecule has 114 valence electrons. The molecule has 0 spiro atoms. The fourth-order valence-corrected chi connectivity index (χ4v) is 2.83. The average Bonchev–Trinajstić information content (AvgIpc) is 2.98. The van der Waals surface area contributed by atoms with Gasteiger partial charge in [0.05, 0.1) is 5.54 Å². The molecule has 1 saturated heterocycles. The van der Waals surface area contributed by atoms with Crippen LogP contribution in [0, 0.1) is 0 Å². The summed E-state index contributed by atoms with van der Waals surface area (Å²) in [5.74, 6) is -1.30. The van der Waals surface area contributed by atoms with E-state index in [1.54, 1.807) is 24.3 Å². The third-order valence-electron chi connectivity index (χ3n) is 4.42. The molecule has 1 aromatic rings. The lowest BCUT2D eigenvalue weighted by atomic mass is 9.88. The lowest BCUT2D eigenvalue weighted by molar-refractivity contribution is -0.148. The second-order valence-electron chi connectivity index (χ2n) is 5.72. The van der Waals surface area contributed by atoms with Gasteiger partial charge in [0, 0.05) is 0 Å². The highest BCUT2D eigenvalue weighted by Crippen LogP contribution is 2.27. The summed E-state index contributed by atoms with van der Waals surface area (Å²) in [7, 11) is 0. The van der Waals surface area contributed by atoms with Gasteiger partial charge in [-0.1, -0.05) is 37.3 Å². The molecule has 1 heterocycles. The molecular weight excluding hydrogens is 268 g/mol. The molecule has 0 radical (unpaired) electrons. The van der Waals surface area contributed by atoms with Gasteiger partial charge >= 0.3 is 5.97 Å². The average molecular weight is 290 g/mol. The van der Waals surface area contributed by atoms with Gasteiger partial charge in [-0.3, -0.25) is 4.79 Å². The summed E-state index contributed by atoms with van der Waals surface area (Å²) in [4.78, 5) is 24.4. The van der Waals surface area contributed by atoms with Gasteiger partial charge in [-0.05, 0) is 38.3 Å². The Bertz CT molecular complexity index is 524. The predicted molar refractivity (Wildman–Crippen MR) is 79.8 cm³/mol. The zero-order chi connectivity index (χ0) is 15.5.